The van der Waals surface area contributed by atoms with Crippen LogP contribution in [-0.4, -0.2) is 38.4 Å². The zero-order chi connectivity index (χ0) is 12.5. The monoisotopic (exact) mass is 274 g/mol. The van der Waals surface area contributed by atoms with E-state index in [0.29, 0.717) is 19.6 Å². The molecule has 0 spiro atoms. The number of hydrogen-bond acceptors (Lipinski definition) is 3. The zero-order valence-corrected chi connectivity index (χ0v) is 11.1. The molecular weight excluding hydrogens is 260 g/mol. The van der Waals surface area contributed by atoms with Gasteiger partial charge in [-0.05, 0) is 19.1 Å². The van der Waals surface area contributed by atoms with Crippen LogP contribution >= 0.6 is 11.6 Å². The van der Waals surface area contributed by atoms with Crippen molar-refractivity contribution in [1.29, 1.82) is 0 Å². The van der Waals surface area contributed by atoms with Gasteiger partial charge in [-0.15, -0.1) is 0 Å². The Kier molecular flexibility index (Phi) is 3.73. The minimum absolute atomic E-state index is 0.168. The fraction of sp³-hybridized carbons (Fsp3) is 0.455. The quantitative estimate of drug-likeness (QED) is 0.885. The Balaban J connectivity index is 2.33. The molecule has 0 aromatic heterocycles. The smallest absolute Gasteiger partial charge is 0.244 e. The molecule has 2 rings (SSSR count). The van der Waals surface area contributed by atoms with Crippen LogP contribution in [0.15, 0.2) is 29.2 Å². The Hall–Kier alpha value is -0.620. The van der Waals surface area contributed by atoms with Gasteiger partial charge in [0, 0.05) is 25.7 Å². The Labute approximate surface area is 107 Å². The molecule has 0 unspecified atom stereocenters. The van der Waals surface area contributed by atoms with E-state index >= 15 is 0 Å². The number of benzene rings is 1. The second-order valence-electron chi connectivity index (χ2n) is 4.15. The second-order valence-corrected chi connectivity index (χ2v) is 6.46. The fourth-order valence-corrected chi connectivity index (χ4v) is 3.93. The van der Waals surface area contributed by atoms with Crippen LogP contribution in [0.1, 0.15) is 6.92 Å². The lowest BCUT2D eigenvalue weighted by Crippen LogP contribution is -2.51. The number of halogens is 1. The predicted molar refractivity (Wildman–Crippen MR) is 67.7 cm³/mol. The van der Waals surface area contributed by atoms with Crippen molar-refractivity contribution in [2.24, 2.45) is 0 Å². The van der Waals surface area contributed by atoms with E-state index < -0.39 is 10.0 Å². The lowest BCUT2D eigenvalue weighted by molar-refractivity contribution is 0.310. The van der Waals surface area contributed by atoms with Crippen molar-refractivity contribution in [3.8, 4) is 0 Å². The maximum atomic E-state index is 12.4. The third-order valence-electron chi connectivity index (χ3n) is 2.79. The van der Waals surface area contributed by atoms with Gasteiger partial charge in [-0.2, -0.15) is 4.31 Å². The molecule has 17 heavy (non-hydrogen) atoms. The molecule has 1 atom stereocenters. The molecule has 94 valence electrons. The number of piperazine rings is 1. The summed E-state index contributed by atoms with van der Waals surface area (Å²) in [6.07, 6.45) is 0. The van der Waals surface area contributed by atoms with E-state index in [4.69, 9.17) is 11.6 Å². The number of hydrogen-bond donors (Lipinski definition) is 1. The van der Waals surface area contributed by atoms with Crippen LogP contribution in [0.25, 0.3) is 0 Å². The third-order valence-corrected chi connectivity index (χ3v) is 5.15. The maximum absolute atomic E-state index is 12.4. The van der Waals surface area contributed by atoms with Gasteiger partial charge in [0.1, 0.15) is 4.90 Å². The molecule has 0 aliphatic carbocycles. The van der Waals surface area contributed by atoms with Crippen LogP contribution in [-0.2, 0) is 10.0 Å². The van der Waals surface area contributed by atoms with Gasteiger partial charge in [-0.3, -0.25) is 0 Å². The summed E-state index contributed by atoms with van der Waals surface area (Å²) in [5.41, 5.74) is 0. The lowest BCUT2D eigenvalue weighted by atomic mass is 10.3. The molecule has 1 saturated heterocycles. The first-order valence-corrected chi connectivity index (χ1v) is 7.31. The predicted octanol–water partition coefficient (Wildman–Crippen LogP) is 1.32. The van der Waals surface area contributed by atoms with Crippen molar-refractivity contribution in [2.45, 2.75) is 17.9 Å². The topological polar surface area (TPSA) is 49.4 Å². The summed E-state index contributed by atoms with van der Waals surface area (Å²) in [6, 6.07) is 6.72. The molecule has 1 N–H and O–H groups in total. The van der Waals surface area contributed by atoms with E-state index in [1.165, 1.54) is 4.31 Å². The Morgan fingerprint density at radius 3 is 2.76 bits per heavy atom. The number of nitrogens with one attached hydrogen (secondary N) is 1. The van der Waals surface area contributed by atoms with E-state index in [2.05, 4.69) is 5.32 Å². The summed E-state index contributed by atoms with van der Waals surface area (Å²) in [5.74, 6) is 0. The third kappa shape index (κ3) is 2.63. The summed E-state index contributed by atoms with van der Waals surface area (Å²) in [6.45, 7) is 3.60. The van der Waals surface area contributed by atoms with E-state index in [1.54, 1.807) is 24.3 Å². The average molecular weight is 275 g/mol. The molecule has 0 amide bonds. The fourth-order valence-electron chi connectivity index (χ4n) is 1.91. The first kappa shape index (κ1) is 12.8. The highest BCUT2D eigenvalue weighted by Crippen LogP contribution is 2.24. The standard InChI is InChI=1S/C11H15ClN2O2S/c1-9-8-14(7-6-13-9)17(15,16)11-5-3-2-4-10(11)12/h2-5,9,13H,6-8H2,1H3/t9-/m1/s1. The lowest BCUT2D eigenvalue weighted by Gasteiger charge is -2.31. The second kappa shape index (κ2) is 4.94. The van der Waals surface area contributed by atoms with Crippen LogP contribution < -0.4 is 5.32 Å². The van der Waals surface area contributed by atoms with Gasteiger partial charge in [-0.1, -0.05) is 23.7 Å². The molecule has 1 aliphatic heterocycles. The minimum atomic E-state index is -3.46. The van der Waals surface area contributed by atoms with E-state index in [1.807, 2.05) is 6.92 Å². The summed E-state index contributed by atoms with van der Waals surface area (Å²) >= 11 is 5.94. The molecule has 1 fully saturated rings. The highest BCUT2D eigenvalue weighted by molar-refractivity contribution is 7.89. The summed E-state index contributed by atoms with van der Waals surface area (Å²) in [7, 11) is -3.46. The van der Waals surface area contributed by atoms with Gasteiger partial charge < -0.3 is 5.32 Å². The Morgan fingerprint density at radius 1 is 1.41 bits per heavy atom. The van der Waals surface area contributed by atoms with Crippen LogP contribution in [0, 0.1) is 0 Å². The number of nitrogens with zero attached hydrogens (tertiary/aromatic N) is 1. The normalized spacial score (nSPS) is 22.6. The average Bonchev–Trinajstić information content (AvgIpc) is 2.29. The molecule has 1 aromatic rings. The van der Waals surface area contributed by atoms with Gasteiger partial charge in [0.25, 0.3) is 0 Å². The van der Waals surface area contributed by atoms with Crippen molar-refractivity contribution in [2.75, 3.05) is 19.6 Å². The van der Waals surface area contributed by atoms with E-state index in [-0.39, 0.29) is 16.0 Å². The summed E-state index contributed by atoms with van der Waals surface area (Å²) < 4.78 is 26.2. The minimum Gasteiger partial charge on any atom is -0.312 e. The van der Waals surface area contributed by atoms with Gasteiger partial charge in [0.15, 0.2) is 0 Å². The van der Waals surface area contributed by atoms with Crippen molar-refractivity contribution in [1.82, 2.24) is 9.62 Å². The van der Waals surface area contributed by atoms with Crippen molar-refractivity contribution >= 4 is 21.6 Å². The first-order chi connectivity index (χ1) is 8.01. The molecule has 1 heterocycles. The molecule has 4 nitrogen and oxygen atoms in total. The van der Waals surface area contributed by atoms with Crippen molar-refractivity contribution < 1.29 is 8.42 Å². The molecule has 0 bridgehead atoms. The molecule has 0 radical (unpaired) electrons. The highest BCUT2D eigenvalue weighted by Gasteiger charge is 2.29. The van der Waals surface area contributed by atoms with Gasteiger partial charge >= 0.3 is 0 Å². The van der Waals surface area contributed by atoms with Gasteiger partial charge in [-0.25, -0.2) is 8.42 Å². The van der Waals surface area contributed by atoms with Crippen LogP contribution in [0.4, 0.5) is 0 Å². The summed E-state index contributed by atoms with van der Waals surface area (Å²) in [4.78, 5) is 0.191. The van der Waals surface area contributed by atoms with Gasteiger partial charge in [0.05, 0.1) is 5.02 Å². The molecule has 1 aromatic carbocycles. The van der Waals surface area contributed by atoms with Crippen molar-refractivity contribution in [3.63, 3.8) is 0 Å². The first-order valence-electron chi connectivity index (χ1n) is 5.50. The van der Waals surface area contributed by atoms with Crippen LogP contribution in [0.3, 0.4) is 0 Å². The maximum Gasteiger partial charge on any atom is 0.244 e. The molecular formula is C11H15ClN2O2S. The Bertz CT molecular complexity index is 504. The number of sulfonamides is 1. The van der Waals surface area contributed by atoms with E-state index in [0.717, 1.165) is 0 Å². The van der Waals surface area contributed by atoms with Crippen molar-refractivity contribution in [3.05, 3.63) is 29.3 Å². The van der Waals surface area contributed by atoms with Crippen LogP contribution in [0.2, 0.25) is 5.02 Å². The molecule has 6 heteroatoms. The summed E-state index contributed by atoms with van der Waals surface area (Å²) in [5, 5.41) is 3.49. The molecule has 0 saturated carbocycles. The molecule has 1 aliphatic rings. The van der Waals surface area contributed by atoms with E-state index in [9.17, 15) is 8.42 Å². The highest BCUT2D eigenvalue weighted by atomic mass is 35.5. The Morgan fingerprint density at radius 2 is 2.12 bits per heavy atom. The van der Waals surface area contributed by atoms with Gasteiger partial charge in [0.2, 0.25) is 10.0 Å². The zero-order valence-electron chi connectivity index (χ0n) is 9.56. The SMILES string of the molecule is C[C@@H]1CN(S(=O)(=O)c2ccccc2Cl)CCN1. The largest absolute Gasteiger partial charge is 0.312 e. The van der Waals surface area contributed by atoms with Crippen LogP contribution in [0.5, 0.6) is 0 Å². The number of rotatable bonds is 2.